The number of nitrogens with one attached hydrogen (secondary N) is 1. The van der Waals surface area contributed by atoms with Gasteiger partial charge in [-0.25, -0.2) is 14.6 Å². The third kappa shape index (κ3) is 0.921. The van der Waals surface area contributed by atoms with Crippen LogP contribution in [0.3, 0.4) is 0 Å². The van der Waals surface area contributed by atoms with Gasteiger partial charge in [-0.15, -0.1) is 0 Å². The van der Waals surface area contributed by atoms with E-state index < -0.39 is 0 Å². The minimum absolute atomic E-state index is 0.481. The minimum Gasteiger partial charge on any atom is -0.328 e. The van der Waals surface area contributed by atoms with Gasteiger partial charge in [-0.3, -0.25) is 0 Å². The molecule has 0 fully saturated rings. The van der Waals surface area contributed by atoms with E-state index in [0.717, 1.165) is 11.0 Å². The van der Waals surface area contributed by atoms with Crippen molar-refractivity contribution in [2.24, 2.45) is 0 Å². The van der Waals surface area contributed by atoms with Crippen LogP contribution in [-0.4, -0.2) is 21.7 Å². The first-order chi connectivity index (χ1) is 5.83. The first kappa shape index (κ1) is 7.36. The van der Waals surface area contributed by atoms with Gasteiger partial charge in [0.2, 0.25) is 0 Å². The van der Waals surface area contributed by atoms with E-state index in [0.29, 0.717) is 5.15 Å². The van der Waals surface area contributed by atoms with E-state index in [9.17, 15) is 0 Å². The summed E-state index contributed by atoms with van der Waals surface area (Å²) in [5.41, 5.74) is 3.73. The van der Waals surface area contributed by atoms with E-state index >= 15 is 0 Å². The molecule has 0 unspecified atom stereocenters. The van der Waals surface area contributed by atoms with Crippen LogP contribution >= 0.6 is 11.6 Å². The molecule has 2 aromatic heterocycles. The van der Waals surface area contributed by atoms with Crippen molar-refractivity contribution in [1.82, 2.24) is 14.6 Å². The fourth-order valence-corrected chi connectivity index (χ4v) is 1.29. The molecule has 0 spiro atoms. The molecular formula is C7H7ClN4. The van der Waals surface area contributed by atoms with E-state index in [2.05, 4.69) is 15.4 Å². The third-order valence-electron chi connectivity index (χ3n) is 1.67. The molecule has 0 bridgehead atoms. The van der Waals surface area contributed by atoms with Gasteiger partial charge in [0, 0.05) is 13.2 Å². The second kappa shape index (κ2) is 2.64. The number of hydrogen-bond donors (Lipinski definition) is 1. The number of halogens is 1. The van der Waals surface area contributed by atoms with Crippen LogP contribution < -0.4 is 5.43 Å². The fourth-order valence-electron chi connectivity index (χ4n) is 1.10. The average Bonchev–Trinajstić information content (AvgIpc) is 2.49. The maximum Gasteiger partial charge on any atom is 0.163 e. The maximum atomic E-state index is 5.84. The fraction of sp³-hybridized carbons (Fsp3) is 0.143. The summed E-state index contributed by atoms with van der Waals surface area (Å²) in [7, 11) is 1.81. The Balaban J connectivity index is 2.80. The number of rotatable bonds is 1. The van der Waals surface area contributed by atoms with Crippen molar-refractivity contribution in [2.75, 3.05) is 12.5 Å². The van der Waals surface area contributed by atoms with Crippen LogP contribution in [0.2, 0.25) is 5.15 Å². The number of aromatic nitrogens is 3. The van der Waals surface area contributed by atoms with Gasteiger partial charge in [0.15, 0.2) is 5.65 Å². The number of hydrogen-bond acceptors (Lipinski definition) is 3. The summed E-state index contributed by atoms with van der Waals surface area (Å²) in [4.78, 5) is 7.95. The van der Waals surface area contributed by atoms with Gasteiger partial charge in [-0.2, -0.15) is 0 Å². The van der Waals surface area contributed by atoms with E-state index in [1.807, 2.05) is 19.3 Å². The molecule has 1 N–H and O–H groups in total. The van der Waals surface area contributed by atoms with Crippen LogP contribution in [0.25, 0.3) is 11.0 Å². The zero-order valence-corrected chi connectivity index (χ0v) is 7.21. The molecule has 5 heteroatoms. The summed E-state index contributed by atoms with van der Waals surface area (Å²) >= 11 is 5.84. The van der Waals surface area contributed by atoms with Crippen LogP contribution in [-0.2, 0) is 0 Å². The predicted molar refractivity (Wildman–Crippen MR) is 47.8 cm³/mol. The van der Waals surface area contributed by atoms with Crippen LogP contribution in [0.1, 0.15) is 0 Å². The summed E-state index contributed by atoms with van der Waals surface area (Å²) in [6, 6.07) is 1.87. The van der Waals surface area contributed by atoms with E-state index in [4.69, 9.17) is 11.6 Å². The SMILES string of the molecule is CNn1ccc2c(Cl)ncnc21. The second-order valence-corrected chi connectivity index (χ2v) is 2.67. The minimum atomic E-state index is 0.481. The van der Waals surface area contributed by atoms with Gasteiger partial charge in [0.1, 0.15) is 11.5 Å². The standard InChI is InChI=1S/C7H7ClN4/c1-9-12-3-2-5-6(8)10-4-11-7(5)12/h2-4,9H,1H3. The molecule has 0 saturated carbocycles. The lowest BCUT2D eigenvalue weighted by atomic mass is 10.4. The van der Waals surface area contributed by atoms with Crippen molar-refractivity contribution < 1.29 is 0 Å². The highest BCUT2D eigenvalue weighted by Crippen LogP contribution is 2.18. The quantitative estimate of drug-likeness (QED) is 0.676. The smallest absolute Gasteiger partial charge is 0.163 e. The highest BCUT2D eigenvalue weighted by Gasteiger charge is 2.04. The van der Waals surface area contributed by atoms with Crippen molar-refractivity contribution in [3.8, 4) is 0 Å². The van der Waals surface area contributed by atoms with Crippen LogP contribution in [0.5, 0.6) is 0 Å². The van der Waals surface area contributed by atoms with Crippen molar-refractivity contribution >= 4 is 22.6 Å². The largest absolute Gasteiger partial charge is 0.328 e. The van der Waals surface area contributed by atoms with Gasteiger partial charge in [0.25, 0.3) is 0 Å². The monoisotopic (exact) mass is 182 g/mol. The molecule has 12 heavy (non-hydrogen) atoms. The van der Waals surface area contributed by atoms with Crippen LogP contribution in [0, 0.1) is 0 Å². The molecule has 2 aromatic rings. The molecular weight excluding hydrogens is 176 g/mol. The topological polar surface area (TPSA) is 42.7 Å². The molecule has 2 heterocycles. The lowest BCUT2D eigenvalue weighted by Gasteiger charge is -2.00. The van der Waals surface area contributed by atoms with E-state index in [1.165, 1.54) is 6.33 Å². The summed E-state index contributed by atoms with van der Waals surface area (Å²) in [6.07, 6.45) is 3.30. The predicted octanol–water partition coefficient (Wildman–Crippen LogP) is 1.26. The molecule has 0 aliphatic carbocycles. The van der Waals surface area contributed by atoms with E-state index in [1.54, 1.807) is 4.68 Å². The zero-order chi connectivity index (χ0) is 8.55. The molecule has 0 aliphatic heterocycles. The van der Waals surface area contributed by atoms with Gasteiger partial charge in [-0.05, 0) is 6.07 Å². The lowest BCUT2D eigenvalue weighted by molar-refractivity contribution is 0.952. The molecule has 0 amide bonds. The highest BCUT2D eigenvalue weighted by atomic mass is 35.5. The number of fused-ring (bicyclic) bond motifs is 1. The Bertz CT molecular complexity index is 409. The Morgan fingerprint density at radius 1 is 1.50 bits per heavy atom. The Morgan fingerprint density at radius 3 is 3.08 bits per heavy atom. The Kier molecular flexibility index (Phi) is 1.62. The normalized spacial score (nSPS) is 10.5. The van der Waals surface area contributed by atoms with Gasteiger partial charge in [-0.1, -0.05) is 11.6 Å². The molecule has 0 aromatic carbocycles. The van der Waals surface area contributed by atoms with Crippen molar-refractivity contribution in [3.63, 3.8) is 0 Å². The maximum absolute atomic E-state index is 5.84. The first-order valence-electron chi connectivity index (χ1n) is 3.48. The molecule has 0 radical (unpaired) electrons. The van der Waals surface area contributed by atoms with Gasteiger partial charge in [0.05, 0.1) is 5.39 Å². The summed E-state index contributed by atoms with van der Waals surface area (Å²) in [6.45, 7) is 0. The second-order valence-electron chi connectivity index (χ2n) is 2.31. The van der Waals surface area contributed by atoms with Crippen LogP contribution in [0.4, 0.5) is 0 Å². The Morgan fingerprint density at radius 2 is 2.33 bits per heavy atom. The summed E-state index contributed by atoms with van der Waals surface area (Å²) in [5, 5.41) is 1.34. The van der Waals surface area contributed by atoms with Crippen molar-refractivity contribution in [2.45, 2.75) is 0 Å². The third-order valence-corrected chi connectivity index (χ3v) is 1.97. The molecule has 4 nitrogen and oxygen atoms in total. The molecule has 0 atom stereocenters. The zero-order valence-electron chi connectivity index (χ0n) is 6.45. The lowest BCUT2D eigenvalue weighted by Crippen LogP contribution is -2.07. The molecule has 2 rings (SSSR count). The van der Waals surface area contributed by atoms with Gasteiger partial charge >= 0.3 is 0 Å². The van der Waals surface area contributed by atoms with Crippen molar-refractivity contribution in [1.29, 1.82) is 0 Å². The van der Waals surface area contributed by atoms with Crippen LogP contribution in [0.15, 0.2) is 18.6 Å². The van der Waals surface area contributed by atoms with E-state index in [-0.39, 0.29) is 0 Å². The first-order valence-corrected chi connectivity index (χ1v) is 3.86. The average molecular weight is 183 g/mol. The number of nitrogens with zero attached hydrogens (tertiary/aromatic N) is 3. The van der Waals surface area contributed by atoms with Gasteiger partial charge < -0.3 is 5.43 Å². The Hall–Kier alpha value is -1.29. The highest BCUT2D eigenvalue weighted by molar-refractivity contribution is 6.33. The summed E-state index contributed by atoms with van der Waals surface area (Å²) in [5.74, 6) is 0. The molecule has 0 aliphatic rings. The molecule has 0 saturated heterocycles. The van der Waals surface area contributed by atoms with Crippen molar-refractivity contribution in [3.05, 3.63) is 23.7 Å². The summed E-state index contributed by atoms with van der Waals surface area (Å²) < 4.78 is 1.78. The Labute approximate surface area is 74.2 Å². The molecule has 62 valence electrons.